The molecule has 5 heteroatoms. The first-order valence-corrected chi connectivity index (χ1v) is 6.02. The average molecular weight is 267 g/mol. The molecule has 1 nitrogen and oxygen atoms in total. The molecule has 0 aliphatic heterocycles. The van der Waals surface area contributed by atoms with E-state index in [1.54, 1.807) is 12.1 Å². The van der Waals surface area contributed by atoms with Crippen LogP contribution in [0.15, 0.2) is 12.1 Å². The number of benzene rings is 1. The Labute approximate surface area is 102 Å². The minimum Gasteiger partial charge on any atom is -0.197 e. The fraction of sp³-hybridized carbons (Fsp3) is 0.222. The molecule has 0 N–H and O–H groups in total. The number of rotatable bonds is 3. The lowest BCUT2D eigenvalue weighted by Crippen LogP contribution is -1.86. The summed E-state index contributed by atoms with van der Waals surface area (Å²) in [5, 5.41) is 9.93. The lowest BCUT2D eigenvalue weighted by Gasteiger charge is -2.06. The summed E-state index contributed by atoms with van der Waals surface area (Å²) in [7, 11) is 0. The quantitative estimate of drug-likeness (QED) is 0.598. The smallest absolute Gasteiger partial charge is 0.0811 e. The van der Waals surface area contributed by atoms with Crippen LogP contribution < -0.4 is 0 Å². The number of hydrogen-bond donors (Lipinski definition) is 0. The second kappa shape index (κ2) is 5.72. The summed E-state index contributed by atoms with van der Waals surface area (Å²) in [6.07, 6.45) is 0. The zero-order chi connectivity index (χ0) is 10.6. The Balaban J connectivity index is 2.85. The van der Waals surface area contributed by atoms with Crippen LogP contribution in [0.25, 0.3) is 0 Å². The Bertz CT molecular complexity index is 373. The highest BCUT2D eigenvalue weighted by molar-refractivity contribution is 7.98. The molecule has 0 atom stereocenters. The van der Waals surface area contributed by atoms with Crippen LogP contribution in [0, 0.1) is 11.3 Å². The first-order chi connectivity index (χ1) is 6.66. The Hall–Kier alpha value is -0.0700. The van der Waals surface area contributed by atoms with Gasteiger partial charge in [0, 0.05) is 16.3 Å². The number of hydrogen-bond acceptors (Lipinski definition) is 2. The fourth-order valence-corrected chi connectivity index (χ4v) is 2.44. The van der Waals surface area contributed by atoms with Crippen molar-refractivity contribution in [2.75, 3.05) is 5.75 Å². The highest BCUT2D eigenvalue weighted by atomic mass is 35.5. The van der Waals surface area contributed by atoms with E-state index in [9.17, 15) is 0 Å². The third-order valence-corrected chi connectivity index (χ3v) is 3.58. The second-order valence-corrected chi connectivity index (χ2v) is 4.65. The van der Waals surface area contributed by atoms with Gasteiger partial charge in [-0.2, -0.15) is 5.26 Å². The average Bonchev–Trinajstić information content (AvgIpc) is 2.18. The van der Waals surface area contributed by atoms with Gasteiger partial charge in [0.1, 0.15) is 0 Å². The number of halogens is 3. The normalized spacial score (nSPS) is 9.86. The van der Waals surface area contributed by atoms with Gasteiger partial charge in [-0.1, -0.05) is 34.8 Å². The minimum absolute atomic E-state index is 0.416. The van der Waals surface area contributed by atoms with Crippen LogP contribution in [0.5, 0.6) is 0 Å². The number of nitrogens with zero attached hydrogens (tertiary/aromatic N) is 1. The van der Waals surface area contributed by atoms with Crippen LogP contribution in [0.1, 0.15) is 5.56 Å². The highest BCUT2D eigenvalue weighted by Crippen LogP contribution is 2.33. The molecule has 1 rings (SSSR count). The molecule has 0 unspecified atom stereocenters. The number of nitriles is 1. The van der Waals surface area contributed by atoms with Crippen molar-refractivity contribution in [3.05, 3.63) is 32.8 Å². The molecule has 0 saturated carbocycles. The van der Waals surface area contributed by atoms with Crippen molar-refractivity contribution in [2.24, 2.45) is 0 Å². The maximum absolute atomic E-state index is 8.37. The Kier molecular flexibility index (Phi) is 4.91. The van der Waals surface area contributed by atoms with E-state index in [-0.39, 0.29) is 0 Å². The van der Waals surface area contributed by atoms with Gasteiger partial charge in [-0.05, 0) is 12.1 Å². The van der Waals surface area contributed by atoms with Crippen molar-refractivity contribution in [1.82, 2.24) is 0 Å². The van der Waals surface area contributed by atoms with Crippen molar-refractivity contribution in [2.45, 2.75) is 5.75 Å². The first-order valence-electron chi connectivity index (χ1n) is 3.74. The van der Waals surface area contributed by atoms with Crippen molar-refractivity contribution < 1.29 is 0 Å². The zero-order valence-corrected chi connectivity index (χ0v) is 10.1. The molecule has 1 aromatic rings. The molecule has 0 saturated heterocycles. The van der Waals surface area contributed by atoms with Crippen molar-refractivity contribution in [3.63, 3.8) is 0 Å². The third kappa shape index (κ3) is 2.96. The Morgan fingerprint density at radius 1 is 1.21 bits per heavy atom. The molecule has 0 fully saturated rings. The maximum atomic E-state index is 8.37. The first kappa shape index (κ1) is 12.0. The SMILES string of the molecule is N#CCSCc1c(Cl)ccc(Cl)c1Cl. The van der Waals surface area contributed by atoms with Gasteiger partial charge in [0.15, 0.2) is 0 Å². The monoisotopic (exact) mass is 265 g/mol. The van der Waals surface area contributed by atoms with E-state index in [1.165, 1.54) is 11.8 Å². The summed E-state index contributed by atoms with van der Waals surface area (Å²) < 4.78 is 0. The van der Waals surface area contributed by atoms with E-state index < -0.39 is 0 Å². The number of thioether (sulfide) groups is 1. The van der Waals surface area contributed by atoms with Gasteiger partial charge >= 0.3 is 0 Å². The molecule has 0 radical (unpaired) electrons. The van der Waals surface area contributed by atoms with E-state index in [2.05, 4.69) is 0 Å². The summed E-state index contributed by atoms with van der Waals surface area (Å²) in [5.41, 5.74) is 0.793. The minimum atomic E-state index is 0.416. The summed E-state index contributed by atoms with van der Waals surface area (Å²) in [4.78, 5) is 0. The van der Waals surface area contributed by atoms with Gasteiger partial charge < -0.3 is 0 Å². The highest BCUT2D eigenvalue weighted by Gasteiger charge is 2.08. The van der Waals surface area contributed by atoms with Gasteiger partial charge in [0.2, 0.25) is 0 Å². The van der Waals surface area contributed by atoms with Gasteiger partial charge in [0.25, 0.3) is 0 Å². The summed E-state index contributed by atoms with van der Waals surface area (Å²) >= 11 is 19.2. The molecule has 0 heterocycles. The summed E-state index contributed by atoms with van der Waals surface area (Å²) in [6, 6.07) is 5.40. The molecule has 74 valence electrons. The van der Waals surface area contributed by atoms with E-state index in [0.29, 0.717) is 26.6 Å². The van der Waals surface area contributed by atoms with E-state index in [0.717, 1.165) is 5.56 Å². The summed E-state index contributed by atoms with van der Waals surface area (Å²) in [6.45, 7) is 0. The largest absolute Gasteiger partial charge is 0.197 e. The van der Waals surface area contributed by atoms with Crippen molar-refractivity contribution >= 4 is 46.6 Å². The van der Waals surface area contributed by atoms with Gasteiger partial charge in [-0.15, -0.1) is 11.8 Å². The lowest BCUT2D eigenvalue weighted by molar-refractivity contribution is 1.41. The lowest BCUT2D eigenvalue weighted by atomic mass is 10.2. The second-order valence-electron chi connectivity index (χ2n) is 2.47. The molecule has 0 spiro atoms. The molecule has 0 aliphatic rings. The van der Waals surface area contributed by atoms with Crippen molar-refractivity contribution in [3.8, 4) is 6.07 Å². The zero-order valence-electron chi connectivity index (χ0n) is 7.06. The molecule has 0 bridgehead atoms. The molecule has 14 heavy (non-hydrogen) atoms. The van der Waals surface area contributed by atoms with Gasteiger partial charge in [-0.3, -0.25) is 0 Å². The molecular formula is C9H6Cl3NS. The van der Waals surface area contributed by atoms with E-state index in [1.807, 2.05) is 6.07 Å². The molecule has 1 aromatic carbocycles. The predicted molar refractivity (Wildman–Crippen MR) is 63.2 cm³/mol. The molecule has 0 aromatic heterocycles. The summed E-state index contributed by atoms with van der Waals surface area (Å²) in [5.74, 6) is 1.02. The topological polar surface area (TPSA) is 23.8 Å². The van der Waals surface area contributed by atoms with E-state index in [4.69, 9.17) is 40.1 Å². The molecule has 0 aliphatic carbocycles. The van der Waals surface area contributed by atoms with Crippen LogP contribution in [0.2, 0.25) is 15.1 Å². The van der Waals surface area contributed by atoms with Crippen molar-refractivity contribution in [1.29, 1.82) is 5.26 Å². The Morgan fingerprint density at radius 2 is 1.86 bits per heavy atom. The molecular weight excluding hydrogens is 261 g/mol. The maximum Gasteiger partial charge on any atom is 0.0811 e. The van der Waals surface area contributed by atoms with Crippen LogP contribution >= 0.6 is 46.6 Å². The predicted octanol–water partition coefficient (Wildman–Crippen LogP) is 4.40. The fourth-order valence-electron chi connectivity index (χ4n) is 0.900. The van der Waals surface area contributed by atoms with Crippen LogP contribution in [-0.4, -0.2) is 5.75 Å². The standard InChI is InChI=1S/C9H6Cl3NS/c10-7-1-2-8(11)9(12)6(7)5-14-4-3-13/h1-2H,4-5H2. The third-order valence-electron chi connectivity index (χ3n) is 1.55. The van der Waals surface area contributed by atoms with Crippen LogP contribution in [0.4, 0.5) is 0 Å². The Morgan fingerprint density at radius 3 is 2.50 bits per heavy atom. The van der Waals surface area contributed by atoms with Gasteiger partial charge in [-0.25, -0.2) is 0 Å². The van der Waals surface area contributed by atoms with Crippen LogP contribution in [-0.2, 0) is 5.75 Å². The van der Waals surface area contributed by atoms with E-state index >= 15 is 0 Å². The molecule has 0 amide bonds. The van der Waals surface area contributed by atoms with Gasteiger partial charge in [0.05, 0.1) is 21.9 Å². The van der Waals surface area contributed by atoms with Crippen LogP contribution in [0.3, 0.4) is 0 Å².